The second kappa shape index (κ2) is 18.7. The fourth-order valence-corrected chi connectivity index (χ4v) is 6.19. The number of halogens is 1. The van der Waals surface area contributed by atoms with E-state index in [0.29, 0.717) is 6.42 Å². The van der Waals surface area contributed by atoms with Crippen molar-refractivity contribution >= 4 is 22.9 Å². The molecule has 5 rings (SSSR count). The van der Waals surface area contributed by atoms with E-state index in [9.17, 15) is 65.8 Å². The molecular formula is C34H45ClN4O18. The summed E-state index contributed by atoms with van der Waals surface area (Å²) in [5, 5.41) is 117. The first kappa shape index (κ1) is 45.0. The summed E-state index contributed by atoms with van der Waals surface area (Å²) < 4.78 is 28.4. The molecule has 2 saturated heterocycles. The number of carboxylic acid groups (broad SMARTS) is 1. The number of phenols is 4. The number of nitrogens with two attached hydrogens (primary N) is 2. The first-order valence-electron chi connectivity index (χ1n) is 17.2. The van der Waals surface area contributed by atoms with Gasteiger partial charge in [-0.1, -0.05) is 0 Å². The van der Waals surface area contributed by atoms with Gasteiger partial charge in [-0.2, -0.15) is 0 Å². The van der Waals surface area contributed by atoms with Crippen molar-refractivity contribution in [3.8, 4) is 40.1 Å². The second-order valence-electron chi connectivity index (χ2n) is 13.3. The minimum Gasteiger partial charge on any atom is -1.00 e. The zero-order valence-corrected chi connectivity index (χ0v) is 30.8. The first-order valence-corrected chi connectivity index (χ1v) is 17.2. The zero-order valence-electron chi connectivity index (χ0n) is 30.0. The van der Waals surface area contributed by atoms with Crippen LogP contribution in [0.4, 0.5) is 0 Å². The Hall–Kier alpha value is -4.72. The van der Waals surface area contributed by atoms with Crippen LogP contribution in [0.2, 0.25) is 0 Å². The van der Waals surface area contributed by atoms with E-state index >= 15 is 0 Å². The highest BCUT2D eigenvalue weighted by Gasteiger charge is 2.48. The highest BCUT2D eigenvalue weighted by Crippen LogP contribution is 2.41. The topological polar surface area (TPSA) is 385 Å². The Morgan fingerprint density at radius 3 is 2.19 bits per heavy atom. The number of fused-ring (bicyclic) bond motifs is 1. The second-order valence-corrected chi connectivity index (χ2v) is 13.3. The van der Waals surface area contributed by atoms with Crippen LogP contribution in [0.15, 0.2) is 33.5 Å². The SMILES string of the molecule is CC1O[C@H](OCC2O[C@H](Oc3c(-c4ccc(O)c(O)c4)oc4c(CN[C@H](CCC[NH+]=C(N)N)C(=O)O)c(O)cc(O)c4c3=O)C(O)C(O)[C@H]2O)C(O)C(O)[C@@H]1O.[Cl-]. The number of carboxylic acids is 1. The molecule has 0 radical (unpaired) electrons. The summed E-state index contributed by atoms with van der Waals surface area (Å²) in [5.74, 6) is -5.36. The predicted octanol–water partition coefficient (Wildman–Crippen LogP) is -8.01. The molecule has 3 heterocycles. The van der Waals surface area contributed by atoms with Crippen molar-refractivity contribution in [3.63, 3.8) is 0 Å². The lowest BCUT2D eigenvalue weighted by molar-refractivity contribution is -0.459. The zero-order chi connectivity index (χ0) is 41.2. The van der Waals surface area contributed by atoms with Gasteiger partial charge in [-0.25, -0.2) is 0 Å². The van der Waals surface area contributed by atoms with Crippen LogP contribution in [0.1, 0.15) is 25.3 Å². The van der Waals surface area contributed by atoms with Crippen molar-refractivity contribution < 1.29 is 102 Å². The van der Waals surface area contributed by atoms with Gasteiger partial charge in [0.2, 0.25) is 17.5 Å². The summed E-state index contributed by atoms with van der Waals surface area (Å²) in [5.41, 5.74) is 8.77. The number of ether oxygens (including phenoxy) is 4. The van der Waals surface area contributed by atoms with Crippen molar-refractivity contribution in [2.45, 2.75) is 93.8 Å². The molecular weight excluding hydrogens is 788 g/mol. The Bertz CT molecular complexity index is 1980. The molecule has 17 N–H and O–H groups in total. The maximum atomic E-state index is 14.3. The van der Waals surface area contributed by atoms with E-state index in [4.69, 9.17) is 34.8 Å². The number of aliphatic hydroxyl groups excluding tert-OH is 6. The van der Waals surface area contributed by atoms with E-state index in [-0.39, 0.29) is 42.5 Å². The van der Waals surface area contributed by atoms with Gasteiger partial charge >= 0.3 is 11.9 Å². The van der Waals surface area contributed by atoms with Crippen LogP contribution in [-0.2, 0) is 25.5 Å². The monoisotopic (exact) mass is 832 g/mol. The highest BCUT2D eigenvalue weighted by atomic mass is 35.5. The number of aliphatic carboxylic acids is 1. The van der Waals surface area contributed by atoms with Crippen LogP contribution >= 0.6 is 0 Å². The summed E-state index contributed by atoms with van der Waals surface area (Å²) in [6.45, 7) is 0.540. The molecule has 57 heavy (non-hydrogen) atoms. The number of rotatable bonds is 14. The summed E-state index contributed by atoms with van der Waals surface area (Å²) in [6.07, 6.45) is -16.5. The molecule has 0 spiro atoms. The van der Waals surface area contributed by atoms with E-state index in [2.05, 4.69) is 10.3 Å². The van der Waals surface area contributed by atoms with Gasteiger partial charge in [-0.3, -0.25) is 26.0 Å². The Labute approximate surface area is 328 Å². The van der Waals surface area contributed by atoms with E-state index in [1.165, 1.54) is 13.0 Å². The van der Waals surface area contributed by atoms with Crippen LogP contribution in [0.25, 0.3) is 22.3 Å². The number of guanidine groups is 1. The maximum absolute atomic E-state index is 14.3. The standard InChI is InChI=1S/C34H44N4O18.ClH/c1-11-21(43)24(46)26(48)32(53-11)52-10-19-22(44)25(47)27(49)33(54-19)56-30-23(45)20-18(42)8-16(40)13(9-38-14(31(50)51)3-2-6-37-34(35)36)29(20)55-28(30)12-4-5-15(39)17(41)7-12;/h4-5,7-8,11,14,19,21-22,24-27,32-33,38-44,46-49H,2-3,6,9-10H2,1H3,(H,50,51)(H4,35,36,37);1H/t11?,14-,19?,21-,22+,24?,25?,26?,27?,32+,33-;/m1./s1. The summed E-state index contributed by atoms with van der Waals surface area (Å²) >= 11 is 0. The normalized spacial score (nSPS) is 28.0. The molecule has 23 heteroatoms. The lowest BCUT2D eigenvalue weighted by Crippen LogP contribution is -3.00. The van der Waals surface area contributed by atoms with E-state index in [1.54, 1.807) is 0 Å². The molecule has 316 valence electrons. The number of carbonyl (C=O) groups is 1. The summed E-state index contributed by atoms with van der Waals surface area (Å²) in [7, 11) is 0. The van der Waals surface area contributed by atoms with Gasteiger partial charge in [0.05, 0.1) is 24.8 Å². The van der Waals surface area contributed by atoms with Crippen molar-refractivity contribution in [1.82, 2.24) is 5.32 Å². The van der Waals surface area contributed by atoms with E-state index in [0.717, 1.165) is 18.2 Å². The van der Waals surface area contributed by atoms with Crippen LogP contribution < -0.4 is 44.3 Å². The lowest BCUT2D eigenvalue weighted by atomic mass is 9.98. The largest absolute Gasteiger partial charge is 1.00 e. The molecule has 0 saturated carbocycles. The van der Waals surface area contributed by atoms with Gasteiger partial charge in [0.25, 0.3) is 0 Å². The molecule has 1 aromatic heterocycles. The summed E-state index contributed by atoms with van der Waals surface area (Å²) in [4.78, 5) is 28.9. The molecule has 22 nitrogen and oxygen atoms in total. The van der Waals surface area contributed by atoms with Gasteiger partial charge < -0.3 is 97.3 Å². The molecule has 2 aliphatic rings. The van der Waals surface area contributed by atoms with Crippen molar-refractivity contribution in [3.05, 3.63) is 40.1 Å². The molecule has 2 aromatic carbocycles. The molecule has 2 aliphatic heterocycles. The maximum Gasteiger partial charge on any atom is 0.338 e. The van der Waals surface area contributed by atoms with Crippen molar-refractivity contribution in [1.29, 1.82) is 0 Å². The predicted molar refractivity (Wildman–Crippen MR) is 187 cm³/mol. The van der Waals surface area contributed by atoms with Gasteiger partial charge in [0.1, 0.15) is 65.7 Å². The molecule has 0 bridgehead atoms. The van der Waals surface area contributed by atoms with Gasteiger partial charge in [-0.05, 0) is 38.0 Å². The van der Waals surface area contributed by atoms with E-state index < -0.39 is 137 Å². The number of phenolic OH excluding ortho intramolecular Hbond substituents is 4. The minimum absolute atomic E-state index is 0. The molecule has 11 atom stereocenters. The number of nitrogens with one attached hydrogen (secondary N) is 2. The fourth-order valence-electron chi connectivity index (χ4n) is 6.19. The summed E-state index contributed by atoms with van der Waals surface area (Å²) in [6, 6.07) is 2.77. The Morgan fingerprint density at radius 2 is 1.54 bits per heavy atom. The third-order valence-corrected chi connectivity index (χ3v) is 9.38. The minimum atomic E-state index is -2.07. The number of aromatic hydroxyl groups is 4. The average molecular weight is 833 g/mol. The van der Waals surface area contributed by atoms with E-state index in [1.807, 2.05) is 0 Å². The van der Waals surface area contributed by atoms with Crippen molar-refractivity contribution in [2.24, 2.45) is 11.5 Å². The highest BCUT2D eigenvalue weighted by molar-refractivity contribution is 5.91. The number of aliphatic hydroxyl groups is 6. The van der Waals surface area contributed by atoms with Crippen LogP contribution in [0.3, 0.4) is 0 Å². The fraction of sp³-hybridized carbons (Fsp3) is 0.500. The van der Waals surface area contributed by atoms with Crippen LogP contribution in [0, 0.1) is 0 Å². The molecule has 0 aliphatic carbocycles. The van der Waals surface area contributed by atoms with Crippen LogP contribution in [0.5, 0.6) is 28.7 Å². The number of hydrogen-bond acceptors (Lipinski definition) is 18. The lowest BCUT2D eigenvalue weighted by Gasteiger charge is -2.42. The molecule has 0 amide bonds. The Kier molecular flexibility index (Phi) is 14.8. The quantitative estimate of drug-likeness (QED) is 0.0310. The number of benzene rings is 2. The van der Waals surface area contributed by atoms with Crippen LogP contribution in [-0.4, -0.2) is 149 Å². The third kappa shape index (κ3) is 9.70. The Balaban J connectivity index is 0.00000720. The van der Waals surface area contributed by atoms with Gasteiger partial charge in [0.15, 0.2) is 29.1 Å². The average Bonchev–Trinajstić information content (AvgIpc) is 3.14. The third-order valence-electron chi connectivity index (χ3n) is 9.38. The first-order chi connectivity index (χ1) is 26.4. The smallest absolute Gasteiger partial charge is 0.338 e. The Morgan fingerprint density at radius 1 is 0.877 bits per heavy atom. The molecule has 3 aromatic rings. The molecule has 2 fully saturated rings. The van der Waals surface area contributed by atoms with Gasteiger partial charge in [-0.15, -0.1) is 0 Å². The van der Waals surface area contributed by atoms with Crippen molar-refractivity contribution in [2.75, 3.05) is 13.2 Å². The van der Waals surface area contributed by atoms with Gasteiger partial charge in [0, 0.05) is 18.2 Å². The number of hydrogen-bond donors (Lipinski definition) is 15. The molecule has 6 unspecified atom stereocenters.